The maximum Gasteiger partial charge on any atom is 0.165 e. The number of ether oxygens (including phenoxy) is 3. The molecule has 1 atom stereocenters. The highest BCUT2D eigenvalue weighted by Gasteiger charge is 2.34. The minimum Gasteiger partial charge on any atom is -0.492 e. The van der Waals surface area contributed by atoms with Gasteiger partial charge in [0.15, 0.2) is 11.6 Å². The molecule has 0 N–H and O–H groups in total. The molecule has 7 heteroatoms. The summed E-state index contributed by atoms with van der Waals surface area (Å²) in [6, 6.07) is 16.9. The van der Waals surface area contributed by atoms with Crippen LogP contribution in [0.5, 0.6) is 11.5 Å². The van der Waals surface area contributed by atoms with Crippen LogP contribution in [0.3, 0.4) is 0 Å². The molecule has 0 radical (unpaired) electrons. The fourth-order valence-electron chi connectivity index (χ4n) is 4.70. The van der Waals surface area contributed by atoms with Gasteiger partial charge in [-0.05, 0) is 75.5 Å². The van der Waals surface area contributed by atoms with Gasteiger partial charge in [0.05, 0.1) is 12.2 Å². The Hall–Kier alpha value is -2.90. The lowest BCUT2D eigenvalue weighted by atomic mass is 9.95. The Labute approximate surface area is 207 Å². The monoisotopic (exact) mass is 481 g/mol. The van der Waals surface area contributed by atoms with Crippen LogP contribution in [-0.4, -0.2) is 53.7 Å². The molecule has 1 aliphatic heterocycles. The highest BCUT2D eigenvalue weighted by Crippen LogP contribution is 2.29. The van der Waals surface area contributed by atoms with Crippen molar-refractivity contribution in [2.75, 3.05) is 33.4 Å². The Morgan fingerprint density at radius 1 is 1.00 bits per heavy atom. The Balaban J connectivity index is 1.29. The third kappa shape index (κ3) is 6.83. The van der Waals surface area contributed by atoms with Crippen LogP contribution in [0.25, 0.3) is 0 Å². The Morgan fingerprint density at radius 2 is 1.86 bits per heavy atom. The van der Waals surface area contributed by atoms with Crippen molar-refractivity contribution in [3.05, 3.63) is 77.4 Å². The van der Waals surface area contributed by atoms with Crippen molar-refractivity contribution >= 4 is 0 Å². The number of aromatic nitrogens is 2. The fourth-order valence-corrected chi connectivity index (χ4v) is 4.70. The maximum absolute atomic E-state index is 14.0. The van der Waals surface area contributed by atoms with Gasteiger partial charge in [0, 0.05) is 25.9 Å². The minimum absolute atomic E-state index is 0.277. The number of para-hydroxylation sites is 1. The zero-order valence-electron chi connectivity index (χ0n) is 21.0. The molecule has 0 saturated carbocycles. The van der Waals surface area contributed by atoms with Crippen LogP contribution in [0.15, 0.2) is 54.6 Å². The van der Waals surface area contributed by atoms with Gasteiger partial charge in [-0.15, -0.1) is 0 Å². The standard InChI is InChI=1S/C28H36FN3O3/c1-22-18-23(2)32(30-22)16-17-34-25-9-6-8-24(19-25)20-31-14-7-12-28(33-3,13-15-31)21-35-27-11-5-4-10-26(27)29/h4-6,8-11,18-19H,7,12-17,20-21H2,1-3H3. The second-order valence-corrected chi connectivity index (χ2v) is 9.38. The SMILES string of the molecule is COC1(COc2ccccc2F)CCCN(Cc2cccc(OCCn3nc(C)cc3C)c2)CC1. The van der Waals surface area contributed by atoms with Crippen molar-refractivity contribution in [2.24, 2.45) is 0 Å². The van der Waals surface area contributed by atoms with E-state index in [0.717, 1.165) is 62.6 Å². The molecular weight excluding hydrogens is 445 g/mol. The van der Waals surface area contributed by atoms with Crippen LogP contribution in [0.4, 0.5) is 4.39 Å². The summed E-state index contributed by atoms with van der Waals surface area (Å²) in [5, 5.41) is 4.49. The highest BCUT2D eigenvalue weighted by atomic mass is 19.1. The first kappa shape index (κ1) is 25.2. The smallest absolute Gasteiger partial charge is 0.165 e. The number of benzene rings is 2. The number of nitrogens with zero attached hydrogens (tertiary/aromatic N) is 3. The summed E-state index contributed by atoms with van der Waals surface area (Å²) in [5.41, 5.74) is 2.98. The molecule has 3 aromatic rings. The van der Waals surface area contributed by atoms with Crippen LogP contribution >= 0.6 is 0 Å². The summed E-state index contributed by atoms with van der Waals surface area (Å²) in [6.45, 7) is 8.43. The molecule has 1 saturated heterocycles. The average molecular weight is 482 g/mol. The van der Waals surface area contributed by atoms with Crippen molar-refractivity contribution in [3.63, 3.8) is 0 Å². The van der Waals surface area contributed by atoms with Crippen LogP contribution in [0, 0.1) is 19.7 Å². The first-order chi connectivity index (χ1) is 17.0. The molecule has 1 unspecified atom stereocenters. The summed E-state index contributed by atoms with van der Waals surface area (Å²) < 4.78 is 33.7. The van der Waals surface area contributed by atoms with Crippen molar-refractivity contribution in [1.29, 1.82) is 0 Å². The van der Waals surface area contributed by atoms with Crippen molar-refractivity contribution < 1.29 is 18.6 Å². The van der Waals surface area contributed by atoms with E-state index in [1.807, 2.05) is 23.7 Å². The van der Waals surface area contributed by atoms with Gasteiger partial charge in [-0.1, -0.05) is 24.3 Å². The van der Waals surface area contributed by atoms with E-state index in [1.54, 1.807) is 25.3 Å². The molecular formula is C28H36FN3O3. The van der Waals surface area contributed by atoms with Gasteiger partial charge in [0.25, 0.3) is 0 Å². The second-order valence-electron chi connectivity index (χ2n) is 9.38. The summed E-state index contributed by atoms with van der Waals surface area (Å²) >= 11 is 0. The van der Waals surface area contributed by atoms with E-state index >= 15 is 0 Å². The molecule has 2 heterocycles. The average Bonchev–Trinajstić information content (AvgIpc) is 3.04. The summed E-state index contributed by atoms with van der Waals surface area (Å²) in [7, 11) is 1.73. The number of aryl methyl sites for hydroxylation is 2. The number of halogens is 1. The van der Waals surface area contributed by atoms with E-state index in [4.69, 9.17) is 14.2 Å². The molecule has 1 fully saturated rings. The Morgan fingerprint density at radius 3 is 2.63 bits per heavy atom. The summed E-state index contributed by atoms with van der Waals surface area (Å²) in [5.74, 6) is 0.814. The largest absolute Gasteiger partial charge is 0.492 e. The second kappa shape index (κ2) is 11.7. The van der Waals surface area contributed by atoms with Crippen LogP contribution in [0.1, 0.15) is 36.2 Å². The highest BCUT2D eigenvalue weighted by molar-refractivity contribution is 5.28. The zero-order chi connectivity index (χ0) is 24.7. The maximum atomic E-state index is 14.0. The quantitative estimate of drug-likeness (QED) is 0.400. The van der Waals surface area contributed by atoms with Crippen molar-refractivity contribution in [2.45, 2.75) is 51.8 Å². The lowest BCUT2D eigenvalue weighted by Crippen LogP contribution is -2.39. The molecule has 188 valence electrons. The minimum atomic E-state index is -0.412. The number of hydrogen-bond donors (Lipinski definition) is 0. The van der Waals surface area contributed by atoms with Gasteiger partial charge in [-0.2, -0.15) is 5.10 Å². The molecule has 0 aliphatic carbocycles. The predicted octanol–water partition coefficient (Wildman–Crippen LogP) is 5.17. The summed E-state index contributed by atoms with van der Waals surface area (Å²) in [6.07, 6.45) is 2.70. The van der Waals surface area contributed by atoms with Gasteiger partial charge < -0.3 is 14.2 Å². The Bertz CT molecular complexity index is 1100. The summed E-state index contributed by atoms with van der Waals surface area (Å²) in [4.78, 5) is 2.44. The molecule has 2 aromatic carbocycles. The molecule has 6 nitrogen and oxygen atoms in total. The van der Waals surface area contributed by atoms with Gasteiger partial charge in [-0.25, -0.2) is 4.39 Å². The first-order valence-electron chi connectivity index (χ1n) is 12.3. The van der Waals surface area contributed by atoms with Gasteiger partial charge >= 0.3 is 0 Å². The van der Waals surface area contributed by atoms with Crippen LogP contribution < -0.4 is 9.47 Å². The fraction of sp³-hybridized carbons (Fsp3) is 0.464. The molecule has 0 spiro atoms. The number of hydrogen-bond acceptors (Lipinski definition) is 5. The lowest BCUT2D eigenvalue weighted by Gasteiger charge is -2.31. The van der Waals surface area contributed by atoms with Crippen LogP contribution in [-0.2, 0) is 17.8 Å². The van der Waals surface area contributed by atoms with Gasteiger partial charge in [0.2, 0.25) is 0 Å². The molecule has 0 bridgehead atoms. The number of methoxy groups -OCH3 is 1. The molecule has 1 aliphatic rings. The molecule has 4 rings (SSSR count). The van der Waals surface area contributed by atoms with E-state index in [-0.39, 0.29) is 11.6 Å². The Kier molecular flexibility index (Phi) is 8.42. The third-order valence-electron chi connectivity index (χ3n) is 6.73. The van der Waals surface area contributed by atoms with E-state index < -0.39 is 5.60 Å². The van der Waals surface area contributed by atoms with E-state index in [0.29, 0.717) is 13.2 Å². The zero-order valence-corrected chi connectivity index (χ0v) is 21.0. The van der Waals surface area contributed by atoms with Crippen molar-refractivity contribution in [3.8, 4) is 11.5 Å². The topological polar surface area (TPSA) is 48.8 Å². The molecule has 35 heavy (non-hydrogen) atoms. The lowest BCUT2D eigenvalue weighted by molar-refractivity contribution is -0.0548. The van der Waals surface area contributed by atoms with E-state index in [1.165, 1.54) is 11.6 Å². The molecule has 1 aromatic heterocycles. The predicted molar refractivity (Wildman–Crippen MR) is 134 cm³/mol. The third-order valence-corrected chi connectivity index (χ3v) is 6.73. The number of rotatable bonds is 10. The van der Waals surface area contributed by atoms with Crippen LogP contribution in [0.2, 0.25) is 0 Å². The van der Waals surface area contributed by atoms with Crippen molar-refractivity contribution in [1.82, 2.24) is 14.7 Å². The number of likely N-dealkylation sites (tertiary alicyclic amines) is 1. The normalized spacial score (nSPS) is 18.9. The van der Waals surface area contributed by atoms with Gasteiger partial charge in [0.1, 0.15) is 24.6 Å². The van der Waals surface area contributed by atoms with Gasteiger partial charge in [-0.3, -0.25) is 9.58 Å². The molecule has 0 amide bonds. The van der Waals surface area contributed by atoms with E-state index in [2.05, 4.69) is 35.1 Å². The first-order valence-corrected chi connectivity index (χ1v) is 12.3. The van der Waals surface area contributed by atoms with E-state index in [9.17, 15) is 4.39 Å².